The highest BCUT2D eigenvalue weighted by atomic mass is 31.2. The van der Waals surface area contributed by atoms with E-state index in [0.717, 1.165) is 7.11 Å². The third-order valence-electron chi connectivity index (χ3n) is 2.25. The van der Waals surface area contributed by atoms with Gasteiger partial charge in [-0.1, -0.05) is 0 Å². The monoisotopic (exact) mass is 340 g/mol. The number of hydrogen-bond donors (Lipinski definition) is 0. The molecule has 0 aliphatic rings. The van der Waals surface area contributed by atoms with Crippen molar-refractivity contribution in [1.29, 1.82) is 0 Å². The van der Waals surface area contributed by atoms with E-state index in [-0.39, 0.29) is 0 Å². The highest BCUT2D eigenvalue weighted by Gasteiger charge is 2.30. The van der Waals surface area contributed by atoms with Gasteiger partial charge < -0.3 is 9.47 Å². The number of phosphoric ester groups is 1. The minimum absolute atomic E-state index is 0.533. The second-order valence-corrected chi connectivity index (χ2v) is 8.26. The summed E-state index contributed by atoms with van der Waals surface area (Å²) in [6.07, 6.45) is 0. The molecule has 0 unspecified atom stereocenters. The number of rotatable bonds is 7. The van der Waals surface area contributed by atoms with Crippen LogP contribution >= 0.6 is 7.82 Å². The van der Waals surface area contributed by atoms with Gasteiger partial charge in [-0.2, -0.15) is 0 Å². The average Bonchev–Trinajstić information content (AvgIpc) is 2.36. The second-order valence-electron chi connectivity index (χ2n) is 6.49. The molecule has 0 rings (SSSR count). The van der Waals surface area contributed by atoms with Gasteiger partial charge >= 0.3 is 19.8 Å². The van der Waals surface area contributed by atoms with Crippen molar-refractivity contribution < 1.29 is 37.2 Å². The molecule has 0 aliphatic heterocycles. The third-order valence-corrected chi connectivity index (χ3v) is 3.54. The first-order chi connectivity index (χ1) is 9.82. The lowest BCUT2D eigenvalue weighted by Gasteiger charge is -2.20. The summed E-state index contributed by atoms with van der Waals surface area (Å²) in [5, 5.41) is 0. The highest BCUT2D eigenvalue weighted by molar-refractivity contribution is 7.48. The Bertz CT molecular complexity index is 396. The zero-order chi connectivity index (χ0) is 17.6. The third kappa shape index (κ3) is 7.89. The molecule has 0 aromatic rings. The summed E-state index contributed by atoms with van der Waals surface area (Å²) in [5.74, 6) is -1.07. The molecular weight excluding hydrogens is 315 g/mol. The molecule has 0 amide bonds. The predicted octanol–water partition coefficient (Wildman–Crippen LogP) is 2.87. The van der Waals surface area contributed by atoms with Crippen LogP contribution in [0.3, 0.4) is 0 Å². The fraction of sp³-hybridized carbons (Fsp3) is 0.846. The van der Waals surface area contributed by atoms with E-state index < -0.39 is 44.2 Å². The van der Waals surface area contributed by atoms with Gasteiger partial charge in [0.2, 0.25) is 13.6 Å². The maximum atomic E-state index is 12.0. The maximum Gasteiger partial charge on any atom is 0.480 e. The van der Waals surface area contributed by atoms with Crippen LogP contribution < -0.4 is 0 Å². The second kappa shape index (κ2) is 8.06. The van der Waals surface area contributed by atoms with Crippen LogP contribution in [0.25, 0.3) is 0 Å². The Kier molecular flexibility index (Phi) is 7.71. The molecule has 0 aliphatic carbocycles. The standard InChI is InChI=1S/C13H25O8P/c1-12(2,3)10(14)18-8-20-22(16,17-7)21-9-19-11(15)13(4,5)6/h8-9H2,1-7H3. The smallest absolute Gasteiger partial charge is 0.437 e. The molecule has 0 radical (unpaired) electrons. The van der Waals surface area contributed by atoms with Crippen molar-refractivity contribution in [1.82, 2.24) is 0 Å². The van der Waals surface area contributed by atoms with Gasteiger partial charge in [-0.3, -0.25) is 14.1 Å². The summed E-state index contributed by atoms with van der Waals surface area (Å²) in [7, 11) is -2.88. The molecule has 0 spiro atoms. The summed E-state index contributed by atoms with van der Waals surface area (Å²) in [5.41, 5.74) is -1.44. The fourth-order valence-electron chi connectivity index (χ4n) is 0.865. The Hall–Kier alpha value is -0.950. The van der Waals surface area contributed by atoms with E-state index in [1.807, 2.05) is 0 Å². The fourth-order valence-corrected chi connectivity index (χ4v) is 1.51. The van der Waals surface area contributed by atoms with E-state index >= 15 is 0 Å². The molecular formula is C13H25O8P. The summed E-state index contributed by atoms with van der Waals surface area (Å²) in [6.45, 7) is 8.76. The molecule has 0 bridgehead atoms. The first kappa shape index (κ1) is 21.0. The van der Waals surface area contributed by atoms with Crippen molar-refractivity contribution in [2.45, 2.75) is 41.5 Å². The number of carbonyl (C=O) groups excluding carboxylic acids is 2. The maximum absolute atomic E-state index is 12.0. The van der Waals surface area contributed by atoms with Crippen molar-refractivity contribution >= 4 is 19.8 Å². The van der Waals surface area contributed by atoms with E-state index in [9.17, 15) is 14.2 Å². The lowest BCUT2D eigenvalue weighted by Crippen LogP contribution is -2.24. The number of hydrogen-bond acceptors (Lipinski definition) is 8. The molecule has 0 N–H and O–H groups in total. The minimum atomic E-state index is -3.97. The summed E-state index contributed by atoms with van der Waals surface area (Å²) in [4.78, 5) is 23.0. The number of phosphoric acid groups is 1. The summed E-state index contributed by atoms with van der Waals surface area (Å²) in [6, 6.07) is 0. The van der Waals surface area contributed by atoms with Crippen molar-refractivity contribution in [3.05, 3.63) is 0 Å². The average molecular weight is 340 g/mol. The van der Waals surface area contributed by atoms with Crippen molar-refractivity contribution in [3.63, 3.8) is 0 Å². The van der Waals surface area contributed by atoms with Crippen molar-refractivity contribution in [3.8, 4) is 0 Å². The SMILES string of the molecule is COP(=O)(OCOC(=O)C(C)(C)C)OCOC(=O)C(C)(C)C. The Labute approximate surface area is 131 Å². The normalized spacial score (nSPS) is 12.9. The van der Waals surface area contributed by atoms with E-state index in [4.69, 9.17) is 18.5 Å². The zero-order valence-electron chi connectivity index (χ0n) is 14.1. The van der Waals surface area contributed by atoms with Crippen LogP contribution in [0.15, 0.2) is 0 Å². The van der Waals surface area contributed by atoms with Crippen LogP contribution in [-0.2, 0) is 37.2 Å². The first-order valence-corrected chi connectivity index (χ1v) is 8.07. The molecule has 9 heteroatoms. The summed E-state index contributed by atoms with van der Waals surface area (Å²) >= 11 is 0. The minimum Gasteiger partial charge on any atom is -0.437 e. The highest BCUT2D eigenvalue weighted by Crippen LogP contribution is 2.48. The van der Waals surface area contributed by atoms with Gasteiger partial charge in [0.25, 0.3) is 0 Å². The summed E-state index contributed by atoms with van der Waals surface area (Å²) < 4.78 is 35.7. The van der Waals surface area contributed by atoms with Crippen LogP contribution in [0.2, 0.25) is 0 Å². The van der Waals surface area contributed by atoms with E-state index in [2.05, 4.69) is 4.52 Å². The van der Waals surface area contributed by atoms with Gasteiger partial charge in [-0.05, 0) is 41.5 Å². The molecule has 0 fully saturated rings. The van der Waals surface area contributed by atoms with Crippen LogP contribution in [0.5, 0.6) is 0 Å². The van der Waals surface area contributed by atoms with Crippen LogP contribution in [0.4, 0.5) is 0 Å². The molecule has 0 saturated carbocycles. The van der Waals surface area contributed by atoms with Gasteiger partial charge in [0.05, 0.1) is 10.8 Å². The lowest BCUT2D eigenvalue weighted by molar-refractivity contribution is -0.163. The topological polar surface area (TPSA) is 97.4 Å². The molecule has 22 heavy (non-hydrogen) atoms. The zero-order valence-corrected chi connectivity index (χ0v) is 15.0. The molecule has 0 atom stereocenters. The van der Waals surface area contributed by atoms with E-state index in [1.54, 1.807) is 41.5 Å². The number of carbonyl (C=O) groups is 2. The van der Waals surface area contributed by atoms with E-state index in [0.29, 0.717) is 0 Å². The van der Waals surface area contributed by atoms with Crippen molar-refractivity contribution in [2.24, 2.45) is 10.8 Å². The van der Waals surface area contributed by atoms with Gasteiger partial charge in [0, 0.05) is 7.11 Å². The largest absolute Gasteiger partial charge is 0.480 e. The van der Waals surface area contributed by atoms with Crippen LogP contribution in [0, 0.1) is 10.8 Å². The molecule has 8 nitrogen and oxygen atoms in total. The Morgan fingerprint density at radius 1 is 0.818 bits per heavy atom. The lowest BCUT2D eigenvalue weighted by atomic mass is 9.98. The van der Waals surface area contributed by atoms with Crippen LogP contribution in [0.1, 0.15) is 41.5 Å². The van der Waals surface area contributed by atoms with Gasteiger partial charge in [0.15, 0.2) is 0 Å². The quantitative estimate of drug-likeness (QED) is 0.396. The first-order valence-electron chi connectivity index (χ1n) is 6.61. The molecule has 130 valence electrons. The van der Waals surface area contributed by atoms with Gasteiger partial charge in [-0.25, -0.2) is 13.6 Å². The van der Waals surface area contributed by atoms with Gasteiger partial charge in [-0.15, -0.1) is 0 Å². The van der Waals surface area contributed by atoms with Crippen LogP contribution in [-0.4, -0.2) is 32.6 Å². The number of esters is 2. The van der Waals surface area contributed by atoms with Crippen molar-refractivity contribution in [2.75, 3.05) is 20.7 Å². The Morgan fingerprint density at radius 3 is 1.36 bits per heavy atom. The Morgan fingerprint density at radius 2 is 1.14 bits per heavy atom. The van der Waals surface area contributed by atoms with Gasteiger partial charge in [0.1, 0.15) is 0 Å². The Balaban J connectivity index is 4.29. The molecule has 0 heterocycles. The molecule has 0 aromatic carbocycles. The molecule has 0 aromatic heterocycles. The predicted molar refractivity (Wildman–Crippen MR) is 77.6 cm³/mol. The number of ether oxygens (including phenoxy) is 2. The van der Waals surface area contributed by atoms with E-state index in [1.165, 1.54) is 0 Å². The molecule has 0 saturated heterocycles.